The molecule has 0 saturated heterocycles. The first-order valence-corrected chi connectivity index (χ1v) is 7.66. The molecule has 106 valence electrons. The highest BCUT2D eigenvalue weighted by atomic mass is 16.1. The first kappa shape index (κ1) is 13.4. The number of para-hydroxylation sites is 1. The van der Waals surface area contributed by atoms with E-state index in [9.17, 15) is 4.79 Å². The minimum absolute atomic E-state index is 0.112. The third-order valence-electron chi connectivity index (χ3n) is 4.25. The minimum atomic E-state index is 0.112. The van der Waals surface area contributed by atoms with Gasteiger partial charge in [0.25, 0.3) is 0 Å². The SMILES string of the molecule is O=c1ccn(CCCNC2CCCC2)c2ccccc12. The van der Waals surface area contributed by atoms with Gasteiger partial charge in [-0.3, -0.25) is 4.79 Å². The highest BCUT2D eigenvalue weighted by Gasteiger charge is 2.13. The average Bonchev–Trinajstić information content (AvgIpc) is 2.99. The van der Waals surface area contributed by atoms with Crippen molar-refractivity contribution in [2.75, 3.05) is 6.54 Å². The summed E-state index contributed by atoms with van der Waals surface area (Å²) in [4.78, 5) is 11.8. The molecule has 0 unspecified atom stereocenters. The highest BCUT2D eigenvalue weighted by Crippen LogP contribution is 2.17. The van der Waals surface area contributed by atoms with Gasteiger partial charge in [-0.15, -0.1) is 0 Å². The van der Waals surface area contributed by atoms with E-state index in [1.807, 2.05) is 30.5 Å². The summed E-state index contributed by atoms with van der Waals surface area (Å²) < 4.78 is 2.19. The molecule has 20 heavy (non-hydrogen) atoms. The fourth-order valence-corrected chi connectivity index (χ4v) is 3.14. The molecule has 0 bridgehead atoms. The average molecular weight is 270 g/mol. The van der Waals surface area contributed by atoms with Crippen molar-refractivity contribution >= 4 is 10.9 Å². The lowest BCUT2D eigenvalue weighted by atomic mass is 10.2. The zero-order chi connectivity index (χ0) is 13.8. The lowest BCUT2D eigenvalue weighted by Gasteiger charge is -2.13. The molecule has 3 rings (SSSR count). The molecule has 1 aliphatic rings. The van der Waals surface area contributed by atoms with Crippen LogP contribution in [-0.2, 0) is 6.54 Å². The van der Waals surface area contributed by atoms with E-state index < -0.39 is 0 Å². The molecule has 3 nitrogen and oxygen atoms in total. The summed E-state index contributed by atoms with van der Waals surface area (Å²) in [6, 6.07) is 10.3. The Morgan fingerprint density at radius 2 is 1.95 bits per heavy atom. The Balaban J connectivity index is 1.62. The number of nitrogens with zero attached hydrogens (tertiary/aromatic N) is 1. The van der Waals surface area contributed by atoms with Crippen LogP contribution in [0.2, 0.25) is 0 Å². The van der Waals surface area contributed by atoms with Crippen LogP contribution in [0.1, 0.15) is 32.1 Å². The Labute approximate surface area is 119 Å². The molecule has 0 radical (unpaired) electrons. The van der Waals surface area contributed by atoms with Gasteiger partial charge in [0.15, 0.2) is 5.43 Å². The van der Waals surface area contributed by atoms with E-state index in [-0.39, 0.29) is 5.43 Å². The van der Waals surface area contributed by atoms with Crippen LogP contribution in [0.15, 0.2) is 41.3 Å². The number of hydrogen-bond donors (Lipinski definition) is 1. The van der Waals surface area contributed by atoms with E-state index in [4.69, 9.17) is 0 Å². The van der Waals surface area contributed by atoms with Crippen molar-refractivity contribution in [2.24, 2.45) is 0 Å². The van der Waals surface area contributed by atoms with Crippen molar-refractivity contribution in [1.82, 2.24) is 9.88 Å². The van der Waals surface area contributed by atoms with Crippen molar-refractivity contribution < 1.29 is 0 Å². The number of pyridine rings is 1. The molecule has 1 heterocycles. The van der Waals surface area contributed by atoms with E-state index in [0.717, 1.165) is 36.5 Å². The molecule has 2 aromatic rings. The Morgan fingerprint density at radius 1 is 1.15 bits per heavy atom. The van der Waals surface area contributed by atoms with Gasteiger partial charge in [-0.05, 0) is 37.9 Å². The van der Waals surface area contributed by atoms with Gasteiger partial charge in [0, 0.05) is 30.2 Å². The number of aryl methyl sites for hydroxylation is 1. The maximum absolute atomic E-state index is 11.8. The molecule has 0 aliphatic heterocycles. The van der Waals surface area contributed by atoms with Gasteiger partial charge in [-0.1, -0.05) is 25.0 Å². The second-order valence-electron chi connectivity index (χ2n) is 5.68. The monoisotopic (exact) mass is 270 g/mol. The fourth-order valence-electron chi connectivity index (χ4n) is 3.14. The van der Waals surface area contributed by atoms with Gasteiger partial charge in [-0.25, -0.2) is 0 Å². The number of nitrogens with one attached hydrogen (secondary N) is 1. The molecule has 0 atom stereocenters. The van der Waals surface area contributed by atoms with Gasteiger partial charge in [-0.2, -0.15) is 0 Å². The summed E-state index contributed by atoms with van der Waals surface area (Å²) in [6.45, 7) is 2.02. The molecular formula is C17H22N2O. The topological polar surface area (TPSA) is 34.0 Å². The van der Waals surface area contributed by atoms with Gasteiger partial charge < -0.3 is 9.88 Å². The fraction of sp³-hybridized carbons (Fsp3) is 0.471. The summed E-state index contributed by atoms with van der Waals surface area (Å²) in [5.74, 6) is 0. The Bertz CT molecular complexity index is 626. The standard InChI is InChI=1S/C17H22N2O/c20-17-10-13-19(16-9-4-3-8-15(16)17)12-5-11-18-14-6-1-2-7-14/h3-4,8-10,13-14,18H,1-2,5-7,11-12H2. The normalized spacial score (nSPS) is 16.0. The summed E-state index contributed by atoms with van der Waals surface area (Å²) in [7, 11) is 0. The number of benzene rings is 1. The number of fused-ring (bicyclic) bond motifs is 1. The number of aromatic nitrogens is 1. The maximum Gasteiger partial charge on any atom is 0.189 e. The third kappa shape index (κ3) is 2.93. The minimum Gasteiger partial charge on any atom is -0.347 e. The van der Waals surface area contributed by atoms with Crippen LogP contribution in [0, 0.1) is 0 Å². The molecule has 1 saturated carbocycles. The van der Waals surface area contributed by atoms with Crippen LogP contribution >= 0.6 is 0 Å². The van der Waals surface area contributed by atoms with E-state index in [1.165, 1.54) is 25.7 Å². The molecule has 0 amide bonds. The predicted molar refractivity (Wildman–Crippen MR) is 83.1 cm³/mol. The summed E-state index contributed by atoms with van der Waals surface area (Å²) in [5.41, 5.74) is 1.15. The Hall–Kier alpha value is -1.61. The first-order valence-electron chi connectivity index (χ1n) is 7.66. The Morgan fingerprint density at radius 3 is 2.80 bits per heavy atom. The van der Waals surface area contributed by atoms with Gasteiger partial charge >= 0.3 is 0 Å². The molecule has 1 N–H and O–H groups in total. The quantitative estimate of drug-likeness (QED) is 0.848. The maximum atomic E-state index is 11.8. The molecule has 1 aliphatic carbocycles. The summed E-state index contributed by atoms with van der Waals surface area (Å²) in [6.07, 6.45) is 8.44. The molecule has 3 heteroatoms. The van der Waals surface area contributed by atoms with Crippen LogP contribution in [-0.4, -0.2) is 17.2 Å². The lowest BCUT2D eigenvalue weighted by molar-refractivity contribution is 0.498. The van der Waals surface area contributed by atoms with Gasteiger partial charge in [0.05, 0.1) is 5.52 Å². The van der Waals surface area contributed by atoms with Crippen molar-refractivity contribution in [3.05, 3.63) is 46.8 Å². The van der Waals surface area contributed by atoms with Gasteiger partial charge in [0.2, 0.25) is 0 Å². The van der Waals surface area contributed by atoms with Crippen molar-refractivity contribution in [2.45, 2.75) is 44.7 Å². The second-order valence-corrected chi connectivity index (χ2v) is 5.68. The van der Waals surface area contributed by atoms with Crippen LogP contribution in [0.3, 0.4) is 0 Å². The van der Waals surface area contributed by atoms with Gasteiger partial charge in [0.1, 0.15) is 0 Å². The van der Waals surface area contributed by atoms with E-state index >= 15 is 0 Å². The van der Waals surface area contributed by atoms with Crippen LogP contribution in [0.4, 0.5) is 0 Å². The molecular weight excluding hydrogens is 248 g/mol. The van der Waals surface area contributed by atoms with Crippen LogP contribution < -0.4 is 10.7 Å². The second kappa shape index (κ2) is 6.23. The zero-order valence-corrected chi connectivity index (χ0v) is 11.8. The number of hydrogen-bond acceptors (Lipinski definition) is 2. The summed E-state index contributed by atoms with van der Waals surface area (Å²) >= 11 is 0. The van der Waals surface area contributed by atoms with Crippen molar-refractivity contribution in [1.29, 1.82) is 0 Å². The lowest BCUT2D eigenvalue weighted by Crippen LogP contribution is -2.27. The third-order valence-corrected chi connectivity index (χ3v) is 4.25. The Kier molecular flexibility index (Phi) is 4.16. The molecule has 1 fully saturated rings. The molecule has 0 spiro atoms. The van der Waals surface area contributed by atoms with Crippen molar-refractivity contribution in [3.63, 3.8) is 0 Å². The number of rotatable bonds is 5. The zero-order valence-electron chi connectivity index (χ0n) is 11.8. The smallest absolute Gasteiger partial charge is 0.189 e. The molecule has 1 aromatic carbocycles. The summed E-state index contributed by atoms with van der Waals surface area (Å²) in [5, 5.41) is 4.45. The van der Waals surface area contributed by atoms with E-state index in [0.29, 0.717) is 0 Å². The van der Waals surface area contributed by atoms with E-state index in [2.05, 4.69) is 9.88 Å². The van der Waals surface area contributed by atoms with Crippen LogP contribution in [0.25, 0.3) is 10.9 Å². The van der Waals surface area contributed by atoms with E-state index in [1.54, 1.807) is 6.07 Å². The predicted octanol–water partition coefficient (Wildman–Crippen LogP) is 2.92. The largest absolute Gasteiger partial charge is 0.347 e. The molecule has 1 aromatic heterocycles. The van der Waals surface area contributed by atoms with Crippen molar-refractivity contribution in [3.8, 4) is 0 Å². The first-order chi connectivity index (χ1) is 9.84. The highest BCUT2D eigenvalue weighted by molar-refractivity contribution is 5.78. The van der Waals surface area contributed by atoms with Crippen LogP contribution in [0.5, 0.6) is 0 Å².